The van der Waals surface area contributed by atoms with Crippen molar-refractivity contribution in [1.82, 2.24) is 0 Å². The van der Waals surface area contributed by atoms with Gasteiger partial charge in [0, 0.05) is 12.6 Å². The van der Waals surface area contributed by atoms with E-state index in [2.05, 4.69) is 18.7 Å². The highest BCUT2D eigenvalue weighted by Gasteiger charge is 2.16. The second-order valence-corrected chi connectivity index (χ2v) is 3.92. The Morgan fingerprint density at radius 1 is 1.50 bits per heavy atom. The fourth-order valence-corrected chi connectivity index (χ4v) is 1.80. The lowest BCUT2D eigenvalue weighted by Crippen LogP contribution is -2.31. The lowest BCUT2D eigenvalue weighted by atomic mass is 10.1. The van der Waals surface area contributed by atoms with Gasteiger partial charge in [-0.1, -0.05) is 6.07 Å². The Hall–Kier alpha value is -1.71. The van der Waals surface area contributed by atoms with E-state index < -0.39 is 5.97 Å². The van der Waals surface area contributed by atoms with E-state index in [4.69, 9.17) is 10.8 Å². The van der Waals surface area contributed by atoms with Gasteiger partial charge in [-0.15, -0.1) is 0 Å². The third kappa shape index (κ3) is 2.27. The quantitative estimate of drug-likeness (QED) is 0.766. The third-order valence-electron chi connectivity index (χ3n) is 2.59. The van der Waals surface area contributed by atoms with Gasteiger partial charge in [-0.05, 0) is 32.9 Å². The monoisotopic (exact) mass is 222 g/mol. The van der Waals surface area contributed by atoms with Gasteiger partial charge in [0.15, 0.2) is 0 Å². The van der Waals surface area contributed by atoms with Crippen molar-refractivity contribution in [2.45, 2.75) is 26.8 Å². The number of para-hydroxylation sites is 1. The molecular formula is C12H18N2O2. The van der Waals surface area contributed by atoms with Crippen LogP contribution in [0.5, 0.6) is 0 Å². The summed E-state index contributed by atoms with van der Waals surface area (Å²) in [6, 6.07) is 5.39. The van der Waals surface area contributed by atoms with Crippen molar-refractivity contribution in [3.8, 4) is 0 Å². The summed E-state index contributed by atoms with van der Waals surface area (Å²) in [5, 5.41) is 8.98. The molecule has 0 saturated heterocycles. The first-order chi connectivity index (χ1) is 7.49. The van der Waals surface area contributed by atoms with Gasteiger partial charge in [0.1, 0.15) is 0 Å². The van der Waals surface area contributed by atoms with E-state index in [1.807, 2.05) is 13.0 Å². The summed E-state index contributed by atoms with van der Waals surface area (Å²) in [5.74, 6) is -0.987. The number of nitrogen functional groups attached to an aromatic ring is 1. The Morgan fingerprint density at radius 3 is 2.56 bits per heavy atom. The number of rotatable bonds is 4. The van der Waals surface area contributed by atoms with Crippen molar-refractivity contribution in [2.24, 2.45) is 0 Å². The van der Waals surface area contributed by atoms with Gasteiger partial charge in [0.2, 0.25) is 0 Å². The molecule has 0 aliphatic carbocycles. The fraction of sp³-hybridized carbons (Fsp3) is 0.417. The zero-order valence-corrected chi connectivity index (χ0v) is 9.90. The average Bonchev–Trinajstić information content (AvgIpc) is 2.20. The fourth-order valence-electron chi connectivity index (χ4n) is 1.80. The standard InChI is InChI=1S/C12H18N2O2/c1-4-14(8(2)3)10-7-5-6-9(11(10)13)12(15)16/h5-8H,4,13H2,1-3H3,(H,15,16). The van der Waals surface area contributed by atoms with Crippen LogP contribution in [0.3, 0.4) is 0 Å². The van der Waals surface area contributed by atoms with Gasteiger partial charge in [0.25, 0.3) is 0 Å². The van der Waals surface area contributed by atoms with Crippen molar-refractivity contribution in [3.05, 3.63) is 23.8 Å². The molecule has 16 heavy (non-hydrogen) atoms. The summed E-state index contributed by atoms with van der Waals surface area (Å²) in [5.41, 5.74) is 7.17. The smallest absolute Gasteiger partial charge is 0.337 e. The zero-order valence-electron chi connectivity index (χ0n) is 9.90. The molecule has 0 heterocycles. The van der Waals surface area contributed by atoms with Gasteiger partial charge >= 0.3 is 5.97 Å². The van der Waals surface area contributed by atoms with Gasteiger partial charge in [0.05, 0.1) is 16.9 Å². The predicted molar refractivity (Wildman–Crippen MR) is 66.0 cm³/mol. The first-order valence-electron chi connectivity index (χ1n) is 5.37. The van der Waals surface area contributed by atoms with Crippen molar-refractivity contribution in [3.63, 3.8) is 0 Å². The molecule has 0 aliphatic rings. The predicted octanol–water partition coefficient (Wildman–Crippen LogP) is 2.20. The van der Waals surface area contributed by atoms with Crippen LogP contribution in [-0.2, 0) is 0 Å². The number of carboxylic acid groups (broad SMARTS) is 1. The van der Waals surface area contributed by atoms with Crippen LogP contribution in [0.25, 0.3) is 0 Å². The number of hydrogen-bond acceptors (Lipinski definition) is 3. The molecule has 4 nitrogen and oxygen atoms in total. The topological polar surface area (TPSA) is 66.6 Å². The highest BCUT2D eigenvalue weighted by Crippen LogP contribution is 2.27. The highest BCUT2D eigenvalue weighted by atomic mass is 16.4. The molecule has 0 atom stereocenters. The van der Waals surface area contributed by atoms with E-state index >= 15 is 0 Å². The zero-order chi connectivity index (χ0) is 12.3. The summed E-state index contributed by atoms with van der Waals surface area (Å²) in [6.45, 7) is 6.92. The molecular weight excluding hydrogens is 204 g/mol. The van der Waals surface area contributed by atoms with Crippen LogP contribution in [0.15, 0.2) is 18.2 Å². The van der Waals surface area contributed by atoms with Crippen LogP contribution in [0.1, 0.15) is 31.1 Å². The highest BCUT2D eigenvalue weighted by molar-refractivity contribution is 5.97. The number of carboxylic acids is 1. The van der Waals surface area contributed by atoms with Crippen molar-refractivity contribution < 1.29 is 9.90 Å². The number of aromatic carboxylic acids is 1. The maximum atomic E-state index is 11.0. The largest absolute Gasteiger partial charge is 0.478 e. The molecule has 0 spiro atoms. The molecule has 4 heteroatoms. The molecule has 0 fully saturated rings. The van der Waals surface area contributed by atoms with Gasteiger partial charge in [-0.25, -0.2) is 4.79 Å². The Labute approximate surface area is 95.7 Å². The summed E-state index contributed by atoms with van der Waals surface area (Å²) < 4.78 is 0. The molecule has 0 aliphatic heterocycles. The summed E-state index contributed by atoms with van der Waals surface area (Å²) in [4.78, 5) is 13.0. The van der Waals surface area contributed by atoms with Crippen molar-refractivity contribution in [1.29, 1.82) is 0 Å². The minimum atomic E-state index is -0.987. The molecule has 0 saturated carbocycles. The number of anilines is 2. The molecule has 0 amide bonds. The van der Waals surface area contributed by atoms with E-state index in [-0.39, 0.29) is 11.6 Å². The number of carbonyl (C=O) groups is 1. The number of benzene rings is 1. The van der Waals surface area contributed by atoms with Crippen LogP contribution in [0.2, 0.25) is 0 Å². The Balaban J connectivity index is 3.23. The normalized spacial score (nSPS) is 10.5. The van der Waals surface area contributed by atoms with E-state index in [1.54, 1.807) is 6.07 Å². The van der Waals surface area contributed by atoms with Crippen LogP contribution in [0.4, 0.5) is 11.4 Å². The van der Waals surface area contributed by atoms with Crippen LogP contribution in [-0.4, -0.2) is 23.7 Å². The molecule has 0 radical (unpaired) electrons. The van der Waals surface area contributed by atoms with E-state index in [0.717, 1.165) is 12.2 Å². The van der Waals surface area contributed by atoms with E-state index in [1.165, 1.54) is 6.07 Å². The molecule has 3 N–H and O–H groups in total. The first kappa shape index (κ1) is 12.4. The molecule has 1 aromatic rings. The SMILES string of the molecule is CCN(c1cccc(C(=O)O)c1N)C(C)C. The molecule has 1 aromatic carbocycles. The van der Waals surface area contributed by atoms with E-state index in [0.29, 0.717) is 5.69 Å². The summed E-state index contributed by atoms with van der Waals surface area (Å²) in [6.07, 6.45) is 0. The second kappa shape index (κ2) is 4.88. The third-order valence-corrected chi connectivity index (χ3v) is 2.59. The van der Waals surface area contributed by atoms with Crippen LogP contribution < -0.4 is 10.6 Å². The van der Waals surface area contributed by atoms with Crippen molar-refractivity contribution in [2.75, 3.05) is 17.2 Å². The number of nitrogens with zero attached hydrogens (tertiary/aromatic N) is 1. The Morgan fingerprint density at radius 2 is 2.12 bits per heavy atom. The summed E-state index contributed by atoms with van der Waals surface area (Å²) >= 11 is 0. The lowest BCUT2D eigenvalue weighted by Gasteiger charge is -2.29. The van der Waals surface area contributed by atoms with Gasteiger partial charge in [-0.2, -0.15) is 0 Å². The van der Waals surface area contributed by atoms with Crippen LogP contribution >= 0.6 is 0 Å². The van der Waals surface area contributed by atoms with E-state index in [9.17, 15) is 4.79 Å². The second-order valence-electron chi connectivity index (χ2n) is 3.92. The Bertz CT molecular complexity index is 389. The molecule has 1 rings (SSSR count). The van der Waals surface area contributed by atoms with Crippen LogP contribution in [0, 0.1) is 0 Å². The minimum absolute atomic E-state index is 0.164. The van der Waals surface area contributed by atoms with Crippen molar-refractivity contribution >= 4 is 17.3 Å². The number of nitrogens with two attached hydrogens (primary N) is 1. The molecule has 0 unspecified atom stereocenters. The lowest BCUT2D eigenvalue weighted by molar-refractivity contribution is 0.0698. The molecule has 88 valence electrons. The number of hydrogen-bond donors (Lipinski definition) is 2. The maximum absolute atomic E-state index is 11.0. The van der Waals surface area contributed by atoms with Gasteiger partial charge < -0.3 is 15.7 Å². The first-order valence-corrected chi connectivity index (χ1v) is 5.37. The maximum Gasteiger partial charge on any atom is 0.337 e. The average molecular weight is 222 g/mol. The molecule has 0 aromatic heterocycles. The van der Waals surface area contributed by atoms with Gasteiger partial charge in [-0.3, -0.25) is 0 Å². The minimum Gasteiger partial charge on any atom is -0.478 e. The molecule has 0 bridgehead atoms. The summed E-state index contributed by atoms with van der Waals surface area (Å²) in [7, 11) is 0. The Kier molecular flexibility index (Phi) is 3.77.